The molecule has 1 aliphatic heterocycles. The van der Waals surface area contributed by atoms with E-state index in [-0.39, 0.29) is 42.3 Å². The molecule has 1 amide bonds. The number of carbonyl (C=O) groups excluding carboxylic acids is 6. The van der Waals surface area contributed by atoms with Crippen LogP contribution in [0.5, 0.6) is 0 Å². The lowest BCUT2D eigenvalue weighted by Gasteiger charge is -2.68. The standard InChI is InChI=1S/C54H75NO16SSi/c1-13-39(57)67-42-40-31(5)35(66-48(60)43(70-51(9,10)63-12)41(36-26-21-27-72-36)55-49(61)65-34-24-20-25-34)29-54(62,50(40,7)8)46(68-47(59)33-22-18-17-19-23-33)44-52(11,45(42)58)37(71-73(14-2,15-3)16-4)28-38-53(44,30-64-38)69-32(6)56/h17-19,21-23,26-27,34-35,37-38,41-44,46,62H,13-16,20,24-25,28-30H2,1-12H3,(H,55,61)/t35-,37-,38+,41-,42+,43+,44?,46-,52+,53-,54+/m0/s1. The second-order valence-corrected chi connectivity index (χ2v) is 27.2. The summed E-state index contributed by atoms with van der Waals surface area (Å²) < 4.78 is 57.5. The van der Waals surface area contributed by atoms with Gasteiger partial charge in [-0.25, -0.2) is 14.4 Å². The fourth-order valence-corrected chi connectivity index (χ4v) is 15.6. The van der Waals surface area contributed by atoms with Gasteiger partial charge in [0.15, 0.2) is 37.7 Å². The maximum Gasteiger partial charge on any atom is 0.408 e. The van der Waals surface area contributed by atoms with E-state index in [4.69, 9.17) is 42.3 Å². The summed E-state index contributed by atoms with van der Waals surface area (Å²) >= 11 is 1.26. The van der Waals surface area contributed by atoms with E-state index in [2.05, 4.69) is 26.1 Å². The predicted molar refractivity (Wildman–Crippen MR) is 270 cm³/mol. The zero-order chi connectivity index (χ0) is 53.5. The number of amides is 1. The molecule has 2 bridgehead atoms. The molecule has 17 nitrogen and oxygen atoms in total. The number of ether oxygens (including phenoxy) is 8. The summed E-state index contributed by atoms with van der Waals surface area (Å²) in [6.07, 6.45) is -7.64. The first-order valence-electron chi connectivity index (χ1n) is 25.8. The van der Waals surface area contributed by atoms with Crippen molar-refractivity contribution in [3.63, 3.8) is 0 Å². The fourth-order valence-electron chi connectivity index (χ4n) is 11.9. The van der Waals surface area contributed by atoms with Crippen LogP contribution in [0.15, 0.2) is 59.0 Å². The van der Waals surface area contributed by atoms with Crippen molar-refractivity contribution in [1.29, 1.82) is 0 Å². The Morgan fingerprint density at radius 3 is 2.15 bits per heavy atom. The van der Waals surface area contributed by atoms with Gasteiger partial charge in [0, 0.05) is 43.6 Å². The molecule has 0 radical (unpaired) electrons. The lowest BCUT2D eigenvalue weighted by atomic mass is 9.44. The molecule has 4 aliphatic carbocycles. The van der Waals surface area contributed by atoms with Crippen molar-refractivity contribution in [2.45, 2.75) is 199 Å². The van der Waals surface area contributed by atoms with Gasteiger partial charge in [0.2, 0.25) is 0 Å². The van der Waals surface area contributed by atoms with E-state index in [1.807, 2.05) is 0 Å². The Morgan fingerprint density at radius 2 is 1.62 bits per heavy atom. The van der Waals surface area contributed by atoms with Crippen molar-refractivity contribution in [2.24, 2.45) is 16.7 Å². The van der Waals surface area contributed by atoms with Crippen molar-refractivity contribution >= 4 is 55.4 Å². The number of nitrogens with one attached hydrogen (secondary N) is 1. The predicted octanol–water partition coefficient (Wildman–Crippen LogP) is 8.47. The number of rotatable bonds is 19. The minimum absolute atomic E-state index is 0.0848. The summed E-state index contributed by atoms with van der Waals surface area (Å²) in [6, 6.07) is 12.5. The third-order valence-corrected chi connectivity index (χ3v) is 22.5. The Bertz CT molecular complexity index is 2390. The number of fused-ring (bicyclic) bond motifs is 5. The molecule has 11 atom stereocenters. The Kier molecular flexibility index (Phi) is 16.7. The van der Waals surface area contributed by atoms with Gasteiger partial charge in [-0.1, -0.05) is 65.8 Å². The van der Waals surface area contributed by atoms with Crippen LogP contribution in [0, 0.1) is 16.7 Å². The van der Waals surface area contributed by atoms with Crippen molar-refractivity contribution in [3.05, 3.63) is 69.4 Å². The number of carbonyl (C=O) groups is 6. The molecule has 73 heavy (non-hydrogen) atoms. The molecule has 402 valence electrons. The van der Waals surface area contributed by atoms with E-state index in [9.17, 15) is 24.3 Å². The fraction of sp³-hybridized carbons (Fsp3) is 0.667. The van der Waals surface area contributed by atoms with Crippen LogP contribution >= 0.6 is 11.3 Å². The highest BCUT2D eigenvalue weighted by Gasteiger charge is 2.79. The Balaban J connectivity index is 1.47. The van der Waals surface area contributed by atoms with Crippen LogP contribution in [0.3, 0.4) is 0 Å². The van der Waals surface area contributed by atoms with Crippen molar-refractivity contribution in [3.8, 4) is 0 Å². The summed E-state index contributed by atoms with van der Waals surface area (Å²) in [7, 11) is -1.25. The number of thiophene rings is 1. The maximum absolute atomic E-state index is 16.6. The highest BCUT2D eigenvalue weighted by molar-refractivity contribution is 7.10. The van der Waals surface area contributed by atoms with Crippen molar-refractivity contribution in [2.75, 3.05) is 13.7 Å². The smallest absolute Gasteiger partial charge is 0.408 e. The Morgan fingerprint density at radius 1 is 0.945 bits per heavy atom. The van der Waals surface area contributed by atoms with Gasteiger partial charge < -0.3 is 52.7 Å². The molecule has 4 fully saturated rings. The molecular formula is C54H75NO16SSi. The average Bonchev–Trinajstić information content (AvgIpc) is 3.88. The van der Waals surface area contributed by atoms with Crippen LogP contribution in [0.25, 0.3) is 0 Å². The Hall–Kier alpha value is -4.50. The number of hydrogen-bond acceptors (Lipinski definition) is 17. The van der Waals surface area contributed by atoms with Gasteiger partial charge >= 0.3 is 30.0 Å². The summed E-state index contributed by atoms with van der Waals surface area (Å²) in [6.45, 7) is 18.6. The first-order valence-corrected chi connectivity index (χ1v) is 29.2. The molecule has 2 aromatic rings. The number of Topliss-reactive ketones (excluding diaryl/α,β-unsaturated/α-hetero) is 1. The number of alkyl carbamates (subject to hydrolysis) is 1. The van der Waals surface area contributed by atoms with Crippen LogP contribution in [0.2, 0.25) is 18.1 Å². The van der Waals surface area contributed by atoms with Crippen LogP contribution in [0.4, 0.5) is 4.79 Å². The van der Waals surface area contributed by atoms with E-state index < -0.39 is 127 Å². The minimum atomic E-state index is -2.65. The molecule has 2 N–H and O–H groups in total. The molecule has 19 heteroatoms. The molecular weight excluding hydrogens is 979 g/mol. The number of aliphatic hydroxyl groups is 1. The van der Waals surface area contributed by atoms with Crippen LogP contribution in [0.1, 0.15) is 136 Å². The zero-order valence-corrected chi connectivity index (χ0v) is 46.2. The number of hydrogen-bond donors (Lipinski definition) is 2. The monoisotopic (exact) mass is 1050 g/mol. The number of methoxy groups -OCH3 is 1. The van der Waals surface area contributed by atoms with E-state index in [1.54, 1.807) is 96.3 Å². The topological polar surface area (TPSA) is 218 Å². The summed E-state index contributed by atoms with van der Waals surface area (Å²) in [5, 5.41) is 19.0. The molecule has 1 aromatic carbocycles. The van der Waals surface area contributed by atoms with Gasteiger partial charge in [-0.15, -0.1) is 11.3 Å². The highest BCUT2D eigenvalue weighted by Crippen LogP contribution is 2.65. The highest BCUT2D eigenvalue weighted by atomic mass is 32.1. The van der Waals surface area contributed by atoms with Gasteiger partial charge in [0.1, 0.15) is 36.1 Å². The quantitative estimate of drug-likeness (QED) is 0.0443. The second-order valence-electron chi connectivity index (χ2n) is 21.5. The summed E-state index contributed by atoms with van der Waals surface area (Å²) in [5.74, 6) is -6.79. The Labute approximate surface area is 433 Å². The lowest BCUT2D eigenvalue weighted by Crippen LogP contribution is -2.82. The van der Waals surface area contributed by atoms with Gasteiger partial charge in [0.05, 0.1) is 29.6 Å². The largest absolute Gasteiger partial charge is 0.456 e. The molecule has 1 aromatic heterocycles. The zero-order valence-electron chi connectivity index (χ0n) is 44.4. The summed E-state index contributed by atoms with van der Waals surface area (Å²) in [5.41, 5.74) is -6.98. The molecule has 3 saturated carbocycles. The van der Waals surface area contributed by atoms with Gasteiger partial charge in [-0.05, 0) is 99.8 Å². The van der Waals surface area contributed by atoms with Crippen LogP contribution in [-0.2, 0) is 61.5 Å². The van der Waals surface area contributed by atoms with Crippen LogP contribution < -0.4 is 5.32 Å². The van der Waals surface area contributed by atoms with E-state index in [1.165, 1.54) is 25.4 Å². The second kappa shape index (κ2) is 21.6. The molecule has 2 heterocycles. The van der Waals surface area contributed by atoms with Crippen molar-refractivity contribution < 1.29 is 76.2 Å². The lowest BCUT2D eigenvalue weighted by molar-refractivity contribution is -0.344. The molecule has 7 rings (SSSR count). The average molecular weight is 1050 g/mol. The van der Waals surface area contributed by atoms with Crippen LogP contribution in [-0.4, -0.2) is 123 Å². The molecule has 1 saturated heterocycles. The van der Waals surface area contributed by atoms with Crippen molar-refractivity contribution in [1.82, 2.24) is 5.32 Å². The normalized spacial score (nSPS) is 30.6. The van der Waals surface area contributed by atoms with Gasteiger partial charge in [0.25, 0.3) is 0 Å². The number of benzene rings is 1. The van der Waals surface area contributed by atoms with E-state index in [0.29, 0.717) is 35.9 Å². The third kappa shape index (κ3) is 10.3. The van der Waals surface area contributed by atoms with Gasteiger partial charge in [-0.2, -0.15) is 0 Å². The van der Waals surface area contributed by atoms with Gasteiger partial charge in [-0.3, -0.25) is 14.4 Å². The SMILES string of the molecule is CCC(=O)O[C@H]1C(=O)[C@@]2(C)C([C@H](OC(=O)c3ccccc3)[C@]3(O)C[C@H](OC(=O)[C@H](OC(C)(C)OC)[C@@H](NC(=O)OC4CCC4)c4cccs4)C(C)=C1C3(C)C)[C@]1(OC(C)=O)CO[C@@H]1C[C@@H]2O[Si](CC)(CC)CC. The number of esters is 4. The number of ketones is 1. The molecule has 5 aliphatic rings. The van der Waals surface area contributed by atoms with E-state index in [0.717, 1.165) is 6.42 Å². The summed E-state index contributed by atoms with van der Waals surface area (Å²) in [4.78, 5) is 88.2. The first kappa shape index (κ1) is 56.2. The van der Waals surface area contributed by atoms with E-state index >= 15 is 9.59 Å². The first-order chi connectivity index (χ1) is 34.4. The maximum atomic E-state index is 16.6. The third-order valence-electron chi connectivity index (χ3n) is 16.9. The minimum Gasteiger partial charge on any atom is -0.456 e. The molecule has 1 unspecified atom stereocenters. The molecule has 0 spiro atoms.